The van der Waals surface area contributed by atoms with E-state index in [-0.39, 0.29) is 11.5 Å². The SMILES string of the molecule is Cc1cn(C)c2ccc(-n3c(-c4cc(C5CC5)c(O)cc4O)n[nH]c3=S)cc12. The maximum Gasteiger partial charge on any atom is 0.200 e. The number of aromatic hydroxyl groups is 2. The van der Waals surface area contributed by atoms with E-state index in [9.17, 15) is 10.2 Å². The average molecular weight is 392 g/mol. The quantitative estimate of drug-likeness (QED) is 0.442. The van der Waals surface area contributed by atoms with Gasteiger partial charge < -0.3 is 14.8 Å². The fraction of sp³-hybridized carbons (Fsp3) is 0.238. The number of rotatable bonds is 3. The number of nitrogens with one attached hydrogen (secondary N) is 1. The first kappa shape index (κ1) is 17.1. The lowest BCUT2D eigenvalue weighted by Crippen LogP contribution is -1.99. The molecular formula is C21H20N4O2S. The van der Waals surface area contributed by atoms with Crippen molar-refractivity contribution < 1.29 is 10.2 Å². The molecule has 2 aromatic carbocycles. The number of hydrogen-bond donors (Lipinski definition) is 3. The van der Waals surface area contributed by atoms with Gasteiger partial charge in [0.25, 0.3) is 0 Å². The van der Waals surface area contributed by atoms with Gasteiger partial charge in [-0.05, 0) is 73.3 Å². The molecule has 0 bridgehead atoms. The molecule has 0 amide bonds. The molecular weight excluding hydrogens is 372 g/mol. The van der Waals surface area contributed by atoms with E-state index in [0.29, 0.717) is 22.1 Å². The van der Waals surface area contributed by atoms with Gasteiger partial charge >= 0.3 is 0 Å². The fourth-order valence-electron chi connectivity index (χ4n) is 3.93. The van der Waals surface area contributed by atoms with Gasteiger partial charge in [0.2, 0.25) is 0 Å². The van der Waals surface area contributed by atoms with E-state index in [1.54, 1.807) is 0 Å². The second kappa shape index (κ2) is 5.97. The number of aryl methyl sites for hydroxylation is 2. The Kier molecular flexibility index (Phi) is 3.64. The summed E-state index contributed by atoms with van der Waals surface area (Å²) in [4.78, 5) is 0. The summed E-state index contributed by atoms with van der Waals surface area (Å²) in [5, 5.41) is 29.1. The topological polar surface area (TPSA) is 79.0 Å². The zero-order valence-electron chi connectivity index (χ0n) is 15.6. The van der Waals surface area contributed by atoms with Gasteiger partial charge in [0.15, 0.2) is 10.6 Å². The lowest BCUT2D eigenvalue weighted by Gasteiger charge is -2.12. The zero-order chi connectivity index (χ0) is 19.6. The van der Waals surface area contributed by atoms with Crippen LogP contribution in [0.25, 0.3) is 28.0 Å². The Bertz CT molecular complexity index is 1290. The maximum absolute atomic E-state index is 10.5. The number of phenolic OH excluding ortho intramolecular Hbond substituents is 2. The lowest BCUT2D eigenvalue weighted by atomic mass is 10.0. The molecule has 0 radical (unpaired) electrons. The highest BCUT2D eigenvalue weighted by molar-refractivity contribution is 7.71. The van der Waals surface area contributed by atoms with Crippen LogP contribution in [0.2, 0.25) is 0 Å². The Morgan fingerprint density at radius 1 is 1.14 bits per heavy atom. The minimum Gasteiger partial charge on any atom is -0.508 e. The van der Waals surface area contributed by atoms with Gasteiger partial charge in [-0.1, -0.05) is 0 Å². The summed E-state index contributed by atoms with van der Waals surface area (Å²) in [7, 11) is 2.03. The van der Waals surface area contributed by atoms with Gasteiger partial charge in [-0.3, -0.25) is 9.67 Å². The number of H-pyrrole nitrogens is 1. The summed E-state index contributed by atoms with van der Waals surface area (Å²) >= 11 is 5.49. The number of aromatic nitrogens is 4. The number of hydrogen-bond acceptors (Lipinski definition) is 4. The molecule has 0 unspecified atom stereocenters. The molecule has 2 heterocycles. The highest BCUT2D eigenvalue weighted by Crippen LogP contribution is 2.47. The predicted molar refractivity (Wildman–Crippen MR) is 111 cm³/mol. The minimum atomic E-state index is -0.0193. The molecule has 2 aromatic heterocycles. The number of benzene rings is 2. The Morgan fingerprint density at radius 3 is 2.68 bits per heavy atom. The van der Waals surface area contributed by atoms with Crippen LogP contribution >= 0.6 is 12.2 Å². The Hall–Kier alpha value is -3.06. The largest absolute Gasteiger partial charge is 0.508 e. The number of aromatic amines is 1. The first-order valence-corrected chi connectivity index (χ1v) is 9.64. The van der Waals surface area contributed by atoms with Crippen molar-refractivity contribution >= 4 is 23.1 Å². The van der Waals surface area contributed by atoms with Crippen LogP contribution in [0.4, 0.5) is 0 Å². The van der Waals surface area contributed by atoms with Gasteiger partial charge in [-0.15, -0.1) is 0 Å². The minimum absolute atomic E-state index is 0.0193. The molecule has 1 saturated carbocycles. The number of nitrogens with zero attached hydrogens (tertiary/aromatic N) is 3. The molecule has 28 heavy (non-hydrogen) atoms. The van der Waals surface area contributed by atoms with Crippen LogP contribution in [0.15, 0.2) is 36.5 Å². The predicted octanol–water partition coefficient (Wildman–Crippen LogP) is 4.69. The molecule has 1 fully saturated rings. The van der Waals surface area contributed by atoms with E-state index in [0.717, 1.165) is 35.0 Å². The smallest absolute Gasteiger partial charge is 0.200 e. The molecule has 5 rings (SSSR count). The summed E-state index contributed by atoms with van der Waals surface area (Å²) in [5.41, 5.74) is 4.59. The van der Waals surface area contributed by atoms with Gasteiger partial charge in [-0.2, -0.15) is 5.10 Å². The third-order valence-electron chi connectivity index (χ3n) is 5.51. The van der Waals surface area contributed by atoms with Gasteiger partial charge in [0.05, 0.1) is 11.3 Å². The van der Waals surface area contributed by atoms with Crippen molar-refractivity contribution in [2.45, 2.75) is 25.7 Å². The molecule has 0 spiro atoms. The van der Waals surface area contributed by atoms with Crippen LogP contribution in [0.1, 0.15) is 29.9 Å². The third kappa shape index (κ3) is 2.54. The van der Waals surface area contributed by atoms with Crippen LogP contribution in [-0.2, 0) is 7.05 Å². The van der Waals surface area contributed by atoms with E-state index in [4.69, 9.17) is 12.2 Å². The normalized spacial score (nSPS) is 14.1. The third-order valence-corrected chi connectivity index (χ3v) is 5.78. The van der Waals surface area contributed by atoms with Crippen molar-refractivity contribution in [2.24, 2.45) is 7.05 Å². The van der Waals surface area contributed by atoms with E-state index in [1.807, 2.05) is 23.7 Å². The first-order chi connectivity index (χ1) is 13.4. The van der Waals surface area contributed by atoms with E-state index in [1.165, 1.54) is 11.6 Å². The lowest BCUT2D eigenvalue weighted by molar-refractivity contribution is 0.447. The Balaban J connectivity index is 1.72. The molecule has 0 atom stereocenters. The Morgan fingerprint density at radius 2 is 1.93 bits per heavy atom. The summed E-state index contributed by atoms with van der Waals surface area (Å²) < 4.78 is 4.37. The van der Waals surface area contributed by atoms with E-state index < -0.39 is 0 Å². The highest BCUT2D eigenvalue weighted by Gasteiger charge is 2.28. The molecule has 1 aliphatic rings. The van der Waals surface area contributed by atoms with Gasteiger partial charge in [0.1, 0.15) is 11.5 Å². The average Bonchev–Trinajstić information content (AvgIpc) is 3.37. The fourth-order valence-corrected chi connectivity index (χ4v) is 4.17. The molecule has 1 aliphatic carbocycles. The molecule has 4 aromatic rings. The Labute approximate surface area is 166 Å². The molecule has 6 nitrogen and oxygen atoms in total. The monoisotopic (exact) mass is 392 g/mol. The summed E-state index contributed by atoms with van der Waals surface area (Å²) in [6.07, 6.45) is 4.20. The van der Waals surface area contributed by atoms with Crippen molar-refractivity contribution in [2.75, 3.05) is 0 Å². The van der Waals surface area contributed by atoms with Crippen molar-refractivity contribution in [3.63, 3.8) is 0 Å². The first-order valence-electron chi connectivity index (χ1n) is 9.23. The van der Waals surface area contributed by atoms with Crippen LogP contribution in [0.3, 0.4) is 0 Å². The molecule has 142 valence electrons. The molecule has 0 aliphatic heterocycles. The van der Waals surface area contributed by atoms with Crippen molar-refractivity contribution in [3.05, 3.63) is 52.4 Å². The van der Waals surface area contributed by atoms with Gasteiger partial charge in [0, 0.05) is 30.2 Å². The zero-order valence-corrected chi connectivity index (χ0v) is 16.4. The number of phenols is 2. The second-order valence-electron chi connectivity index (χ2n) is 7.51. The highest BCUT2D eigenvalue weighted by atomic mass is 32.1. The molecule has 3 N–H and O–H groups in total. The molecule has 7 heteroatoms. The summed E-state index contributed by atoms with van der Waals surface area (Å²) in [6, 6.07) is 9.36. The van der Waals surface area contributed by atoms with Crippen molar-refractivity contribution in [1.82, 2.24) is 19.3 Å². The van der Waals surface area contributed by atoms with Crippen LogP contribution < -0.4 is 0 Å². The van der Waals surface area contributed by atoms with Crippen molar-refractivity contribution in [1.29, 1.82) is 0 Å². The van der Waals surface area contributed by atoms with Crippen molar-refractivity contribution in [3.8, 4) is 28.6 Å². The standard InChI is InChI=1S/C21H20N4O2S/c1-11-10-24(2)17-6-5-13(7-14(11)17)25-20(22-23-21(25)28)16-8-15(12-3-4-12)18(26)9-19(16)27/h5-10,12,26-27H,3-4H2,1-2H3,(H,23,28). The summed E-state index contributed by atoms with van der Waals surface area (Å²) in [6.45, 7) is 2.08. The van der Waals surface area contributed by atoms with Crippen LogP contribution in [-0.4, -0.2) is 29.5 Å². The van der Waals surface area contributed by atoms with Crippen LogP contribution in [0.5, 0.6) is 11.5 Å². The van der Waals surface area contributed by atoms with E-state index in [2.05, 4.69) is 40.0 Å². The summed E-state index contributed by atoms with van der Waals surface area (Å²) in [5.74, 6) is 0.982. The maximum atomic E-state index is 10.5. The second-order valence-corrected chi connectivity index (χ2v) is 7.90. The van der Waals surface area contributed by atoms with Gasteiger partial charge in [-0.25, -0.2) is 0 Å². The van der Waals surface area contributed by atoms with E-state index >= 15 is 0 Å². The van der Waals surface area contributed by atoms with Crippen LogP contribution in [0, 0.1) is 11.7 Å². The number of fused-ring (bicyclic) bond motifs is 1. The molecule has 0 saturated heterocycles.